The molecule has 2 heterocycles. The molecular formula is C9H8FN3O. The standard InChI is InChI=1S/C9H8FN3O/c1-13-5-8(14)12-9(13)7-3-2-6(10)4-11-7/h2-5,14H,1H3. The molecule has 2 rings (SSSR count). The van der Waals surface area contributed by atoms with Crippen molar-refractivity contribution in [1.82, 2.24) is 14.5 Å². The summed E-state index contributed by atoms with van der Waals surface area (Å²) in [7, 11) is 1.73. The second kappa shape index (κ2) is 3.10. The Morgan fingerprint density at radius 3 is 2.71 bits per heavy atom. The molecule has 14 heavy (non-hydrogen) atoms. The summed E-state index contributed by atoms with van der Waals surface area (Å²) in [6, 6.07) is 2.81. The highest BCUT2D eigenvalue weighted by Crippen LogP contribution is 2.18. The summed E-state index contributed by atoms with van der Waals surface area (Å²) in [5.41, 5.74) is 0.522. The molecule has 0 spiro atoms. The number of hydrogen-bond donors (Lipinski definition) is 1. The normalized spacial score (nSPS) is 10.4. The number of aromatic hydroxyl groups is 1. The molecule has 2 aromatic heterocycles. The lowest BCUT2D eigenvalue weighted by molar-refractivity contribution is 0.456. The number of rotatable bonds is 1. The predicted molar refractivity (Wildman–Crippen MR) is 48.1 cm³/mol. The zero-order chi connectivity index (χ0) is 10.1. The zero-order valence-corrected chi connectivity index (χ0v) is 7.48. The summed E-state index contributed by atoms with van der Waals surface area (Å²) in [4.78, 5) is 7.70. The third kappa shape index (κ3) is 1.44. The van der Waals surface area contributed by atoms with E-state index in [2.05, 4.69) is 9.97 Å². The summed E-state index contributed by atoms with van der Waals surface area (Å²) in [5, 5.41) is 9.12. The number of nitrogens with zero attached hydrogens (tertiary/aromatic N) is 3. The van der Waals surface area contributed by atoms with E-state index in [9.17, 15) is 4.39 Å². The first-order valence-electron chi connectivity index (χ1n) is 4.01. The average Bonchev–Trinajstić information content (AvgIpc) is 2.47. The molecule has 0 saturated carbocycles. The third-order valence-corrected chi connectivity index (χ3v) is 1.82. The molecule has 0 unspecified atom stereocenters. The lowest BCUT2D eigenvalue weighted by Crippen LogP contribution is -1.93. The molecule has 0 aliphatic carbocycles. The summed E-state index contributed by atoms with van der Waals surface area (Å²) in [6.45, 7) is 0. The van der Waals surface area contributed by atoms with Crippen LogP contribution in [0.1, 0.15) is 0 Å². The molecule has 0 fully saturated rings. The maximum atomic E-state index is 12.6. The number of halogens is 1. The van der Waals surface area contributed by atoms with Crippen LogP contribution in [-0.4, -0.2) is 19.6 Å². The maximum absolute atomic E-state index is 12.6. The molecule has 0 atom stereocenters. The van der Waals surface area contributed by atoms with Gasteiger partial charge in [-0.1, -0.05) is 0 Å². The molecule has 0 saturated heterocycles. The smallest absolute Gasteiger partial charge is 0.229 e. The van der Waals surface area contributed by atoms with Crippen LogP contribution in [0.3, 0.4) is 0 Å². The predicted octanol–water partition coefficient (Wildman–Crippen LogP) is 1.33. The van der Waals surface area contributed by atoms with Gasteiger partial charge in [-0.2, -0.15) is 4.98 Å². The Hall–Kier alpha value is -1.91. The van der Waals surface area contributed by atoms with Crippen molar-refractivity contribution in [3.63, 3.8) is 0 Å². The van der Waals surface area contributed by atoms with E-state index in [-0.39, 0.29) is 5.88 Å². The zero-order valence-electron chi connectivity index (χ0n) is 7.48. The topological polar surface area (TPSA) is 50.9 Å². The second-order valence-electron chi connectivity index (χ2n) is 2.90. The number of aromatic nitrogens is 3. The van der Waals surface area contributed by atoms with Gasteiger partial charge in [0, 0.05) is 7.05 Å². The minimum Gasteiger partial charge on any atom is -0.492 e. The van der Waals surface area contributed by atoms with E-state index in [0.717, 1.165) is 6.20 Å². The molecule has 0 amide bonds. The van der Waals surface area contributed by atoms with E-state index in [1.165, 1.54) is 18.3 Å². The van der Waals surface area contributed by atoms with Gasteiger partial charge in [-0.15, -0.1) is 0 Å². The van der Waals surface area contributed by atoms with Crippen molar-refractivity contribution in [1.29, 1.82) is 0 Å². The largest absolute Gasteiger partial charge is 0.492 e. The van der Waals surface area contributed by atoms with Crippen molar-refractivity contribution in [2.45, 2.75) is 0 Å². The molecule has 0 radical (unpaired) electrons. The quantitative estimate of drug-likeness (QED) is 0.743. The lowest BCUT2D eigenvalue weighted by Gasteiger charge is -1.98. The first-order valence-corrected chi connectivity index (χ1v) is 4.01. The molecule has 0 aliphatic heterocycles. The van der Waals surface area contributed by atoms with Crippen LogP contribution in [0.4, 0.5) is 4.39 Å². The number of hydrogen-bond acceptors (Lipinski definition) is 3. The van der Waals surface area contributed by atoms with E-state index in [1.807, 2.05) is 0 Å². The van der Waals surface area contributed by atoms with Gasteiger partial charge >= 0.3 is 0 Å². The Morgan fingerprint density at radius 1 is 1.43 bits per heavy atom. The first kappa shape index (κ1) is 8.68. The Balaban J connectivity index is 2.49. The van der Waals surface area contributed by atoms with Gasteiger partial charge in [-0.05, 0) is 12.1 Å². The number of pyridine rings is 1. The van der Waals surface area contributed by atoms with Gasteiger partial charge < -0.3 is 9.67 Å². The molecule has 4 nitrogen and oxygen atoms in total. The lowest BCUT2D eigenvalue weighted by atomic mass is 10.3. The van der Waals surface area contributed by atoms with Gasteiger partial charge in [0.05, 0.1) is 12.4 Å². The third-order valence-electron chi connectivity index (χ3n) is 1.82. The van der Waals surface area contributed by atoms with Crippen LogP contribution < -0.4 is 0 Å². The van der Waals surface area contributed by atoms with Gasteiger partial charge in [-0.3, -0.25) is 0 Å². The van der Waals surface area contributed by atoms with Crippen molar-refractivity contribution >= 4 is 0 Å². The monoisotopic (exact) mass is 193 g/mol. The van der Waals surface area contributed by atoms with E-state index < -0.39 is 5.82 Å². The van der Waals surface area contributed by atoms with Crippen LogP contribution in [0, 0.1) is 5.82 Å². The van der Waals surface area contributed by atoms with Crippen molar-refractivity contribution in [2.24, 2.45) is 7.05 Å². The Kier molecular flexibility index (Phi) is 1.92. The summed E-state index contributed by atoms with van der Waals surface area (Å²) in [5.74, 6) is 0.0308. The summed E-state index contributed by atoms with van der Waals surface area (Å²) in [6.07, 6.45) is 2.57. The molecule has 72 valence electrons. The highest BCUT2D eigenvalue weighted by Gasteiger charge is 2.07. The fourth-order valence-corrected chi connectivity index (χ4v) is 1.20. The first-order chi connectivity index (χ1) is 6.66. The molecule has 0 bridgehead atoms. The van der Waals surface area contributed by atoms with E-state index in [0.29, 0.717) is 11.5 Å². The Bertz CT molecular complexity index is 450. The summed E-state index contributed by atoms with van der Waals surface area (Å²) >= 11 is 0. The fraction of sp³-hybridized carbons (Fsp3) is 0.111. The van der Waals surface area contributed by atoms with Crippen LogP contribution in [-0.2, 0) is 7.05 Å². The Morgan fingerprint density at radius 2 is 2.21 bits per heavy atom. The minimum atomic E-state index is -0.396. The van der Waals surface area contributed by atoms with E-state index in [1.54, 1.807) is 11.6 Å². The molecule has 0 aromatic carbocycles. The van der Waals surface area contributed by atoms with Gasteiger partial charge in [0.1, 0.15) is 11.5 Å². The van der Waals surface area contributed by atoms with Gasteiger partial charge in [0.2, 0.25) is 5.88 Å². The molecular weight excluding hydrogens is 185 g/mol. The SMILES string of the molecule is Cn1cc(O)nc1-c1ccc(F)cn1. The fourth-order valence-electron chi connectivity index (χ4n) is 1.20. The van der Waals surface area contributed by atoms with Gasteiger partial charge in [-0.25, -0.2) is 9.37 Å². The minimum absolute atomic E-state index is 0.0753. The van der Waals surface area contributed by atoms with Crippen LogP contribution >= 0.6 is 0 Å². The molecule has 0 aliphatic rings. The Labute approximate surface area is 79.7 Å². The van der Waals surface area contributed by atoms with Crippen molar-refractivity contribution in [3.8, 4) is 17.4 Å². The van der Waals surface area contributed by atoms with Gasteiger partial charge in [0.15, 0.2) is 5.82 Å². The highest BCUT2D eigenvalue weighted by molar-refractivity contribution is 5.50. The van der Waals surface area contributed by atoms with Crippen LogP contribution in [0.5, 0.6) is 5.88 Å². The van der Waals surface area contributed by atoms with Crippen LogP contribution in [0.15, 0.2) is 24.5 Å². The number of imidazole rings is 1. The number of aryl methyl sites for hydroxylation is 1. The molecule has 5 heteroatoms. The van der Waals surface area contributed by atoms with E-state index >= 15 is 0 Å². The van der Waals surface area contributed by atoms with Crippen molar-refractivity contribution < 1.29 is 9.50 Å². The molecule has 1 N–H and O–H groups in total. The maximum Gasteiger partial charge on any atom is 0.229 e. The average molecular weight is 193 g/mol. The van der Waals surface area contributed by atoms with Crippen LogP contribution in [0.2, 0.25) is 0 Å². The summed E-state index contributed by atoms with van der Waals surface area (Å²) < 4.78 is 14.2. The van der Waals surface area contributed by atoms with Crippen molar-refractivity contribution in [2.75, 3.05) is 0 Å². The van der Waals surface area contributed by atoms with Crippen molar-refractivity contribution in [3.05, 3.63) is 30.3 Å². The second-order valence-corrected chi connectivity index (χ2v) is 2.90. The molecule has 2 aromatic rings. The van der Waals surface area contributed by atoms with Crippen LogP contribution in [0.25, 0.3) is 11.5 Å². The van der Waals surface area contributed by atoms with Gasteiger partial charge in [0.25, 0.3) is 0 Å². The van der Waals surface area contributed by atoms with E-state index in [4.69, 9.17) is 5.11 Å². The highest BCUT2D eigenvalue weighted by atomic mass is 19.1.